The smallest absolute Gasteiger partial charge is 0.116 e. The molecule has 2 rings (SSSR count). The summed E-state index contributed by atoms with van der Waals surface area (Å²) in [6.45, 7) is 0. The Bertz CT molecular complexity index is 300. The molecular formula is C8H6N3. The van der Waals surface area contributed by atoms with Crippen LogP contribution >= 0.6 is 0 Å². The molecule has 1 aromatic heterocycles. The Morgan fingerprint density at radius 1 is 1.27 bits per heavy atom. The van der Waals surface area contributed by atoms with Gasteiger partial charge in [-0.3, -0.25) is 5.32 Å². The standard InChI is InChI=1S/C8H6N3/c1-2-7(10-4-1)8-3-5-9-6-11-8/h1-6H. The Kier molecular flexibility index (Phi) is 1.41. The van der Waals surface area contributed by atoms with Crippen molar-refractivity contribution in [1.29, 1.82) is 0 Å². The summed E-state index contributed by atoms with van der Waals surface area (Å²) in [5.74, 6) is 0. The maximum atomic E-state index is 4.10. The summed E-state index contributed by atoms with van der Waals surface area (Å²) >= 11 is 0. The molecule has 11 heavy (non-hydrogen) atoms. The largest absolute Gasteiger partial charge is 0.255 e. The van der Waals surface area contributed by atoms with Crippen LogP contribution in [0, 0.1) is 0 Å². The van der Waals surface area contributed by atoms with Crippen molar-refractivity contribution in [2.75, 3.05) is 0 Å². The lowest BCUT2D eigenvalue weighted by atomic mass is 10.3. The second-order valence-electron chi connectivity index (χ2n) is 2.12. The lowest BCUT2D eigenvalue weighted by molar-refractivity contribution is 1.10. The van der Waals surface area contributed by atoms with Crippen molar-refractivity contribution >= 4 is 5.70 Å². The summed E-state index contributed by atoms with van der Waals surface area (Å²) in [5.41, 5.74) is 1.76. The van der Waals surface area contributed by atoms with Gasteiger partial charge in [0.2, 0.25) is 0 Å². The molecule has 0 aliphatic carbocycles. The minimum atomic E-state index is 0.866. The fourth-order valence-electron chi connectivity index (χ4n) is 0.894. The Labute approximate surface area is 64.5 Å². The molecular weight excluding hydrogens is 138 g/mol. The van der Waals surface area contributed by atoms with Crippen LogP contribution < -0.4 is 5.32 Å². The van der Waals surface area contributed by atoms with E-state index in [1.807, 2.05) is 18.2 Å². The molecule has 0 unspecified atom stereocenters. The average molecular weight is 144 g/mol. The zero-order valence-corrected chi connectivity index (χ0v) is 5.81. The van der Waals surface area contributed by atoms with E-state index in [4.69, 9.17) is 0 Å². The van der Waals surface area contributed by atoms with Gasteiger partial charge in [-0.1, -0.05) is 0 Å². The van der Waals surface area contributed by atoms with Crippen molar-refractivity contribution in [3.63, 3.8) is 0 Å². The summed E-state index contributed by atoms with van der Waals surface area (Å²) in [6, 6.07) is 1.84. The van der Waals surface area contributed by atoms with Crippen LogP contribution in [0.25, 0.3) is 5.70 Å². The van der Waals surface area contributed by atoms with Crippen molar-refractivity contribution in [3.8, 4) is 0 Å². The molecule has 0 saturated heterocycles. The average Bonchev–Trinajstić information content (AvgIpc) is 2.58. The van der Waals surface area contributed by atoms with Gasteiger partial charge in [0.05, 0.1) is 11.4 Å². The van der Waals surface area contributed by atoms with E-state index in [1.165, 1.54) is 6.33 Å². The molecule has 3 heteroatoms. The van der Waals surface area contributed by atoms with E-state index < -0.39 is 0 Å². The number of hydrogen-bond acceptors (Lipinski definition) is 2. The first-order chi connectivity index (χ1) is 5.47. The van der Waals surface area contributed by atoms with E-state index in [-0.39, 0.29) is 0 Å². The first-order valence-electron chi connectivity index (χ1n) is 3.31. The molecule has 1 aromatic rings. The quantitative estimate of drug-likeness (QED) is 0.588. The van der Waals surface area contributed by atoms with Crippen molar-refractivity contribution < 1.29 is 0 Å². The SMILES string of the molecule is C1=C[N]C(c2ccncn2)=C1. The zero-order chi connectivity index (χ0) is 7.52. The van der Waals surface area contributed by atoms with Crippen molar-refractivity contribution in [1.82, 2.24) is 15.3 Å². The van der Waals surface area contributed by atoms with Crippen LogP contribution in [0.5, 0.6) is 0 Å². The van der Waals surface area contributed by atoms with Gasteiger partial charge in [-0.2, -0.15) is 0 Å². The summed E-state index contributed by atoms with van der Waals surface area (Å²) in [6.07, 6.45) is 8.78. The molecule has 2 heterocycles. The fourth-order valence-corrected chi connectivity index (χ4v) is 0.894. The molecule has 0 amide bonds. The molecule has 1 aliphatic rings. The molecule has 0 aromatic carbocycles. The highest BCUT2D eigenvalue weighted by molar-refractivity contribution is 5.65. The molecule has 0 spiro atoms. The maximum absolute atomic E-state index is 4.10. The summed E-state index contributed by atoms with van der Waals surface area (Å²) in [7, 11) is 0. The fraction of sp³-hybridized carbons (Fsp3) is 0. The lowest BCUT2D eigenvalue weighted by Crippen LogP contribution is -1.94. The number of rotatable bonds is 1. The van der Waals surface area contributed by atoms with Crippen LogP contribution in [0.3, 0.4) is 0 Å². The van der Waals surface area contributed by atoms with Gasteiger partial charge < -0.3 is 0 Å². The first kappa shape index (κ1) is 6.09. The van der Waals surface area contributed by atoms with Gasteiger partial charge in [0.15, 0.2) is 0 Å². The maximum Gasteiger partial charge on any atom is 0.116 e. The third-order valence-electron chi connectivity index (χ3n) is 1.40. The van der Waals surface area contributed by atoms with Crippen molar-refractivity contribution in [2.45, 2.75) is 0 Å². The number of nitrogens with zero attached hydrogens (tertiary/aromatic N) is 3. The number of hydrogen-bond donors (Lipinski definition) is 0. The van der Waals surface area contributed by atoms with Gasteiger partial charge >= 0.3 is 0 Å². The van der Waals surface area contributed by atoms with Crippen LogP contribution in [0.15, 0.2) is 36.9 Å². The highest BCUT2D eigenvalue weighted by Crippen LogP contribution is 2.11. The summed E-state index contributed by atoms with van der Waals surface area (Å²) in [4.78, 5) is 7.86. The Morgan fingerprint density at radius 2 is 2.27 bits per heavy atom. The van der Waals surface area contributed by atoms with Crippen LogP contribution in [0.1, 0.15) is 5.69 Å². The summed E-state index contributed by atoms with van der Waals surface area (Å²) in [5, 5.41) is 4.10. The molecule has 1 aliphatic heterocycles. The molecule has 1 radical (unpaired) electrons. The van der Waals surface area contributed by atoms with Crippen LogP contribution in [0.2, 0.25) is 0 Å². The minimum Gasteiger partial charge on any atom is -0.255 e. The topological polar surface area (TPSA) is 39.9 Å². The van der Waals surface area contributed by atoms with Gasteiger partial charge in [0.25, 0.3) is 0 Å². The minimum absolute atomic E-state index is 0.866. The van der Waals surface area contributed by atoms with Crippen LogP contribution in [-0.2, 0) is 0 Å². The third kappa shape index (κ3) is 1.12. The molecule has 0 saturated carbocycles. The van der Waals surface area contributed by atoms with Gasteiger partial charge in [0.1, 0.15) is 6.33 Å². The Hall–Kier alpha value is -1.64. The predicted molar refractivity (Wildman–Crippen MR) is 41.3 cm³/mol. The zero-order valence-electron chi connectivity index (χ0n) is 5.81. The summed E-state index contributed by atoms with van der Waals surface area (Å²) < 4.78 is 0. The van der Waals surface area contributed by atoms with Crippen molar-refractivity contribution in [3.05, 3.63) is 42.6 Å². The second kappa shape index (κ2) is 2.54. The van der Waals surface area contributed by atoms with Gasteiger partial charge in [0, 0.05) is 12.4 Å². The highest BCUT2D eigenvalue weighted by Gasteiger charge is 2.03. The highest BCUT2D eigenvalue weighted by atomic mass is 14.9. The monoisotopic (exact) mass is 144 g/mol. The Balaban J connectivity index is 2.31. The number of aromatic nitrogens is 2. The molecule has 3 nitrogen and oxygen atoms in total. The normalized spacial score (nSPS) is 14.4. The van der Waals surface area contributed by atoms with E-state index in [9.17, 15) is 0 Å². The van der Waals surface area contributed by atoms with E-state index in [0.29, 0.717) is 0 Å². The van der Waals surface area contributed by atoms with Gasteiger partial charge in [-0.05, 0) is 18.2 Å². The van der Waals surface area contributed by atoms with E-state index in [1.54, 1.807) is 12.4 Å². The Morgan fingerprint density at radius 3 is 2.91 bits per heavy atom. The van der Waals surface area contributed by atoms with E-state index >= 15 is 0 Å². The third-order valence-corrected chi connectivity index (χ3v) is 1.40. The molecule has 0 fully saturated rings. The first-order valence-corrected chi connectivity index (χ1v) is 3.31. The predicted octanol–water partition coefficient (Wildman–Crippen LogP) is 0.949. The van der Waals surface area contributed by atoms with E-state index in [0.717, 1.165) is 11.4 Å². The molecule has 0 N–H and O–H groups in total. The van der Waals surface area contributed by atoms with E-state index in [2.05, 4.69) is 15.3 Å². The number of allylic oxidation sites excluding steroid dienone is 2. The van der Waals surface area contributed by atoms with Crippen LogP contribution in [-0.4, -0.2) is 9.97 Å². The molecule has 53 valence electrons. The molecule has 0 bridgehead atoms. The second-order valence-corrected chi connectivity index (χ2v) is 2.12. The lowest BCUT2D eigenvalue weighted by Gasteiger charge is -1.96. The van der Waals surface area contributed by atoms with Gasteiger partial charge in [-0.15, -0.1) is 0 Å². The molecule has 0 atom stereocenters. The van der Waals surface area contributed by atoms with Crippen LogP contribution in [0.4, 0.5) is 0 Å². The van der Waals surface area contributed by atoms with Gasteiger partial charge in [-0.25, -0.2) is 9.97 Å². The van der Waals surface area contributed by atoms with Crippen molar-refractivity contribution in [2.24, 2.45) is 0 Å².